The molecule has 0 aliphatic heterocycles. The molecule has 136 valence electrons. The van der Waals surface area contributed by atoms with E-state index >= 15 is 0 Å². The largest absolute Gasteiger partial charge is 0.480 e. The van der Waals surface area contributed by atoms with Gasteiger partial charge in [-0.25, -0.2) is 4.79 Å². The van der Waals surface area contributed by atoms with Crippen LogP contribution in [0.2, 0.25) is 0 Å². The summed E-state index contributed by atoms with van der Waals surface area (Å²) in [5.41, 5.74) is 1.01. The van der Waals surface area contributed by atoms with Gasteiger partial charge in [0.1, 0.15) is 6.04 Å². The van der Waals surface area contributed by atoms with Crippen LogP contribution in [0.25, 0.3) is 0 Å². The SMILES string of the molecule is O=C(NCCCCC(NC(=O)c1ccccc1)C(=O)O)c1ccccc1. The van der Waals surface area contributed by atoms with Gasteiger partial charge in [-0.05, 0) is 43.5 Å². The highest BCUT2D eigenvalue weighted by atomic mass is 16.4. The Hall–Kier alpha value is -3.15. The van der Waals surface area contributed by atoms with Gasteiger partial charge in [-0.15, -0.1) is 0 Å². The standard InChI is InChI=1S/C20H22N2O4/c23-18(15-9-3-1-4-10-15)21-14-8-7-13-17(20(25)26)22-19(24)16-11-5-2-6-12-16/h1-6,9-12,17H,7-8,13-14H2,(H,21,23)(H,22,24)(H,25,26). The maximum absolute atomic E-state index is 12.1. The van der Waals surface area contributed by atoms with E-state index in [0.29, 0.717) is 36.9 Å². The van der Waals surface area contributed by atoms with Crippen LogP contribution in [0.3, 0.4) is 0 Å². The average molecular weight is 354 g/mol. The van der Waals surface area contributed by atoms with Crippen LogP contribution in [-0.4, -0.2) is 35.5 Å². The molecule has 6 heteroatoms. The first-order valence-electron chi connectivity index (χ1n) is 8.50. The fourth-order valence-corrected chi connectivity index (χ4v) is 2.46. The van der Waals surface area contributed by atoms with Crippen LogP contribution in [-0.2, 0) is 4.79 Å². The lowest BCUT2D eigenvalue weighted by atomic mass is 10.1. The summed E-state index contributed by atoms with van der Waals surface area (Å²) in [7, 11) is 0. The minimum atomic E-state index is -1.07. The Balaban J connectivity index is 1.72. The summed E-state index contributed by atoms with van der Waals surface area (Å²) in [6.45, 7) is 0.451. The predicted molar refractivity (Wildman–Crippen MR) is 98.0 cm³/mol. The van der Waals surface area contributed by atoms with Gasteiger partial charge in [0, 0.05) is 17.7 Å². The van der Waals surface area contributed by atoms with Crippen molar-refractivity contribution in [1.82, 2.24) is 10.6 Å². The molecular formula is C20H22N2O4. The van der Waals surface area contributed by atoms with Gasteiger partial charge in [0.15, 0.2) is 0 Å². The number of amides is 2. The maximum atomic E-state index is 12.1. The summed E-state index contributed by atoms with van der Waals surface area (Å²) in [5.74, 6) is -1.63. The third-order valence-electron chi connectivity index (χ3n) is 3.88. The minimum Gasteiger partial charge on any atom is -0.480 e. The van der Waals surface area contributed by atoms with Gasteiger partial charge in [-0.2, -0.15) is 0 Å². The lowest BCUT2D eigenvalue weighted by Gasteiger charge is -2.14. The van der Waals surface area contributed by atoms with Gasteiger partial charge in [-0.3, -0.25) is 9.59 Å². The number of aliphatic carboxylic acids is 1. The number of carbonyl (C=O) groups excluding carboxylic acids is 2. The molecule has 1 unspecified atom stereocenters. The van der Waals surface area contributed by atoms with E-state index < -0.39 is 17.9 Å². The minimum absolute atomic E-state index is 0.155. The molecule has 6 nitrogen and oxygen atoms in total. The quantitative estimate of drug-likeness (QED) is 0.603. The van der Waals surface area contributed by atoms with Gasteiger partial charge in [-0.1, -0.05) is 36.4 Å². The molecule has 0 aromatic heterocycles. The molecule has 26 heavy (non-hydrogen) atoms. The van der Waals surface area contributed by atoms with Gasteiger partial charge in [0.25, 0.3) is 11.8 Å². The highest BCUT2D eigenvalue weighted by Crippen LogP contribution is 2.05. The van der Waals surface area contributed by atoms with Crippen LogP contribution in [0.5, 0.6) is 0 Å². The Kier molecular flexibility index (Phi) is 7.36. The van der Waals surface area contributed by atoms with Gasteiger partial charge >= 0.3 is 5.97 Å². The first-order valence-corrected chi connectivity index (χ1v) is 8.50. The predicted octanol–water partition coefficient (Wildman–Crippen LogP) is 2.47. The summed E-state index contributed by atoms with van der Waals surface area (Å²) in [5, 5.41) is 14.6. The molecule has 0 fully saturated rings. The highest BCUT2D eigenvalue weighted by Gasteiger charge is 2.20. The Morgan fingerprint density at radius 2 is 1.35 bits per heavy atom. The molecule has 0 bridgehead atoms. The first kappa shape index (κ1) is 19.2. The van der Waals surface area contributed by atoms with Crippen molar-refractivity contribution >= 4 is 17.8 Å². The van der Waals surface area contributed by atoms with E-state index in [-0.39, 0.29) is 5.91 Å². The Morgan fingerprint density at radius 3 is 1.88 bits per heavy atom. The van der Waals surface area contributed by atoms with Crippen molar-refractivity contribution in [1.29, 1.82) is 0 Å². The van der Waals surface area contributed by atoms with E-state index in [1.54, 1.807) is 54.6 Å². The second-order valence-corrected chi connectivity index (χ2v) is 5.85. The Labute approximate surface area is 152 Å². The molecule has 0 spiro atoms. The number of hydrogen-bond donors (Lipinski definition) is 3. The molecule has 2 rings (SSSR count). The molecule has 3 N–H and O–H groups in total. The number of hydrogen-bond acceptors (Lipinski definition) is 3. The molecular weight excluding hydrogens is 332 g/mol. The van der Waals surface area contributed by atoms with E-state index in [4.69, 9.17) is 0 Å². The third kappa shape index (κ3) is 6.05. The summed E-state index contributed by atoms with van der Waals surface area (Å²) in [6, 6.07) is 16.4. The summed E-state index contributed by atoms with van der Waals surface area (Å²) in [4.78, 5) is 35.3. The van der Waals surface area contributed by atoms with E-state index in [1.165, 1.54) is 0 Å². The molecule has 2 amide bonds. The van der Waals surface area contributed by atoms with Crippen LogP contribution in [0, 0.1) is 0 Å². The van der Waals surface area contributed by atoms with Crippen molar-refractivity contribution in [3.05, 3.63) is 71.8 Å². The highest BCUT2D eigenvalue weighted by molar-refractivity contribution is 5.96. The van der Waals surface area contributed by atoms with Crippen molar-refractivity contribution in [2.75, 3.05) is 6.54 Å². The fourth-order valence-electron chi connectivity index (χ4n) is 2.46. The molecule has 2 aromatic carbocycles. The number of benzene rings is 2. The fraction of sp³-hybridized carbons (Fsp3) is 0.250. The first-order chi connectivity index (χ1) is 12.6. The van der Waals surface area contributed by atoms with Gasteiger partial charge < -0.3 is 15.7 Å². The molecule has 0 radical (unpaired) electrons. The van der Waals surface area contributed by atoms with Crippen LogP contribution in [0.1, 0.15) is 40.0 Å². The van der Waals surface area contributed by atoms with Crippen molar-refractivity contribution in [2.45, 2.75) is 25.3 Å². The van der Waals surface area contributed by atoms with E-state index in [9.17, 15) is 19.5 Å². The number of nitrogens with one attached hydrogen (secondary N) is 2. The van der Waals surface area contributed by atoms with Crippen LogP contribution in [0.4, 0.5) is 0 Å². The summed E-state index contributed by atoms with van der Waals surface area (Å²) < 4.78 is 0. The Morgan fingerprint density at radius 1 is 0.808 bits per heavy atom. The van der Waals surface area contributed by atoms with E-state index in [2.05, 4.69) is 10.6 Å². The molecule has 0 aliphatic carbocycles. The molecule has 2 aromatic rings. The van der Waals surface area contributed by atoms with Crippen molar-refractivity contribution in [3.8, 4) is 0 Å². The molecule has 0 heterocycles. The second-order valence-electron chi connectivity index (χ2n) is 5.85. The lowest BCUT2D eigenvalue weighted by molar-refractivity contribution is -0.139. The van der Waals surface area contributed by atoms with E-state index in [1.807, 2.05) is 6.07 Å². The van der Waals surface area contributed by atoms with Crippen LogP contribution < -0.4 is 10.6 Å². The van der Waals surface area contributed by atoms with Crippen molar-refractivity contribution < 1.29 is 19.5 Å². The van der Waals surface area contributed by atoms with Gasteiger partial charge in [0.2, 0.25) is 0 Å². The zero-order chi connectivity index (χ0) is 18.8. The maximum Gasteiger partial charge on any atom is 0.326 e. The van der Waals surface area contributed by atoms with Crippen LogP contribution in [0.15, 0.2) is 60.7 Å². The van der Waals surface area contributed by atoms with Crippen molar-refractivity contribution in [3.63, 3.8) is 0 Å². The second kappa shape index (κ2) is 9.98. The van der Waals surface area contributed by atoms with Crippen LogP contribution >= 0.6 is 0 Å². The number of rotatable bonds is 9. The van der Waals surface area contributed by atoms with Gasteiger partial charge in [0.05, 0.1) is 0 Å². The van der Waals surface area contributed by atoms with E-state index in [0.717, 1.165) is 0 Å². The average Bonchev–Trinajstić information content (AvgIpc) is 2.67. The zero-order valence-corrected chi connectivity index (χ0v) is 14.4. The van der Waals surface area contributed by atoms with Crippen molar-refractivity contribution in [2.24, 2.45) is 0 Å². The normalized spacial score (nSPS) is 11.4. The molecule has 0 aliphatic rings. The Bertz CT molecular complexity index is 732. The monoisotopic (exact) mass is 354 g/mol. The molecule has 1 atom stereocenters. The number of carboxylic acid groups (broad SMARTS) is 1. The smallest absolute Gasteiger partial charge is 0.326 e. The zero-order valence-electron chi connectivity index (χ0n) is 14.4. The lowest BCUT2D eigenvalue weighted by Crippen LogP contribution is -2.40. The molecule has 0 saturated heterocycles. The number of carbonyl (C=O) groups is 3. The topological polar surface area (TPSA) is 95.5 Å². The number of carboxylic acids is 1. The third-order valence-corrected chi connectivity index (χ3v) is 3.88. The molecule has 0 saturated carbocycles. The summed E-state index contributed by atoms with van der Waals surface area (Å²) in [6.07, 6.45) is 1.50. The summed E-state index contributed by atoms with van der Waals surface area (Å²) >= 11 is 0. The number of unbranched alkanes of at least 4 members (excludes halogenated alkanes) is 1.